The van der Waals surface area contributed by atoms with Crippen molar-refractivity contribution in [2.75, 3.05) is 83.2 Å². The topological polar surface area (TPSA) is 187 Å². The molecule has 0 saturated carbocycles. The Morgan fingerprint density at radius 1 is 0.821 bits per heavy atom. The van der Waals surface area contributed by atoms with Gasteiger partial charge in [-0.2, -0.15) is 10.4 Å². The molecule has 9 rings (SSSR count). The van der Waals surface area contributed by atoms with E-state index in [9.17, 15) is 14.9 Å². The number of nitriles is 1. The van der Waals surface area contributed by atoms with E-state index in [-0.39, 0.29) is 12.0 Å². The Kier molecular flexibility index (Phi) is 18.0. The second kappa shape index (κ2) is 23.8. The first-order chi connectivity index (χ1) is 32.6. The molecule has 2 fully saturated rings. The lowest BCUT2D eigenvalue weighted by Gasteiger charge is -2.38. The van der Waals surface area contributed by atoms with Crippen LogP contribution in [0, 0.1) is 30.6 Å². The van der Waals surface area contributed by atoms with Crippen molar-refractivity contribution in [3.8, 4) is 11.8 Å². The van der Waals surface area contributed by atoms with Gasteiger partial charge < -0.3 is 43.9 Å². The summed E-state index contributed by atoms with van der Waals surface area (Å²) in [6, 6.07) is 6.87. The van der Waals surface area contributed by atoms with Crippen LogP contribution < -0.4 is 19.9 Å². The van der Waals surface area contributed by atoms with E-state index < -0.39 is 0 Å². The average molecular weight is 924 g/mol. The Hall–Kier alpha value is -5.73. The van der Waals surface area contributed by atoms with Gasteiger partial charge in [-0.15, -0.1) is 0 Å². The highest BCUT2D eigenvalue weighted by molar-refractivity contribution is 6.09. The van der Waals surface area contributed by atoms with Crippen LogP contribution in [0.4, 0.5) is 22.0 Å². The van der Waals surface area contributed by atoms with E-state index in [1.165, 1.54) is 12.8 Å². The quantitative estimate of drug-likeness (QED) is 0.183. The number of pyridine rings is 2. The number of nitrogens with zero attached hydrogens (tertiary/aromatic N) is 9. The van der Waals surface area contributed by atoms with Crippen molar-refractivity contribution in [3.63, 3.8) is 0 Å². The van der Waals surface area contributed by atoms with Crippen LogP contribution >= 0.6 is 0 Å². The number of aromatic nitrogens is 4. The van der Waals surface area contributed by atoms with Gasteiger partial charge in [0.15, 0.2) is 5.82 Å². The number of hydrogen-bond acceptors (Lipinski definition) is 13. The molecular formula is C50H73N11O6. The fourth-order valence-corrected chi connectivity index (χ4v) is 9.75. The SMILES string of the molecule is CC.CC.COC(=O)N1CCc2c(c(N3CCCc4nc(C)c(C#N)cc43)nn2C2CCOCC2)C1.COc1cc2c(nc1C)CCCN2C(=N)C1=C(NC2CCOCC2)CCN(C(C)=O)C1. The van der Waals surface area contributed by atoms with Gasteiger partial charge in [-0.25, -0.2) is 4.79 Å². The molecule has 2 saturated heterocycles. The summed E-state index contributed by atoms with van der Waals surface area (Å²) in [6.07, 6.45) is 8.66. The van der Waals surface area contributed by atoms with E-state index in [0.29, 0.717) is 49.7 Å². The number of nitrogens with one attached hydrogen (secondary N) is 2. The highest BCUT2D eigenvalue weighted by Crippen LogP contribution is 2.40. The smallest absolute Gasteiger partial charge is 0.409 e. The summed E-state index contributed by atoms with van der Waals surface area (Å²) in [6.45, 7) is 20.2. The number of carbonyl (C=O) groups excluding carboxylic acids is 2. The van der Waals surface area contributed by atoms with Crippen LogP contribution in [0.5, 0.6) is 5.75 Å². The van der Waals surface area contributed by atoms with Crippen LogP contribution in [0.25, 0.3) is 0 Å². The Morgan fingerprint density at radius 3 is 2.12 bits per heavy atom. The van der Waals surface area contributed by atoms with Gasteiger partial charge in [0, 0.05) is 107 Å². The molecule has 67 heavy (non-hydrogen) atoms. The molecule has 0 aliphatic carbocycles. The van der Waals surface area contributed by atoms with E-state index >= 15 is 0 Å². The maximum Gasteiger partial charge on any atom is 0.409 e. The van der Waals surface area contributed by atoms with E-state index in [4.69, 9.17) is 39.4 Å². The molecule has 0 radical (unpaired) electrons. The molecule has 17 heteroatoms. The van der Waals surface area contributed by atoms with Crippen molar-refractivity contribution in [1.82, 2.24) is 34.9 Å². The number of anilines is 3. The fourth-order valence-electron chi connectivity index (χ4n) is 9.75. The highest BCUT2D eigenvalue weighted by Gasteiger charge is 2.35. The van der Waals surface area contributed by atoms with E-state index in [2.05, 4.69) is 21.0 Å². The lowest BCUT2D eigenvalue weighted by molar-refractivity contribution is -0.128. The monoisotopic (exact) mass is 924 g/mol. The molecule has 2 amide bonds. The van der Waals surface area contributed by atoms with Gasteiger partial charge in [-0.3, -0.25) is 24.9 Å². The predicted octanol–water partition coefficient (Wildman–Crippen LogP) is 7.47. The standard InChI is InChI=1S/C23H28N6O3.C23H33N5O3.2C2H6/c1-15-16(13-24)12-21-19(25-15)4-3-8-28(21)22-18-14-27(23(30)31-2)9-5-20(18)29(26-22)17-6-10-32-11-7-17;1-15-22(30-3)13-21-20(25-15)5-4-9-28(21)23(24)18-14-27(16(2)29)10-6-19(18)26-17-7-11-31-12-8-17;2*1-2/h12,17H,3-11,14H2,1-2H3;13,17,24,26H,4-12,14H2,1-3H3;2*1-2H3. The Labute approximate surface area is 397 Å². The second-order valence-corrected chi connectivity index (χ2v) is 17.2. The summed E-state index contributed by atoms with van der Waals surface area (Å²) in [5, 5.41) is 27.6. The minimum atomic E-state index is -0.316. The first-order valence-electron chi connectivity index (χ1n) is 24.5. The summed E-state index contributed by atoms with van der Waals surface area (Å²) in [4.78, 5) is 41.7. The van der Waals surface area contributed by atoms with E-state index in [0.717, 1.165) is 166 Å². The number of amidine groups is 1. The molecule has 6 aliphatic heterocycles. The van der Waals surface area contributed by atoms with Crippen LogP contribution in [0.3, 0.4) is 0 Å². The minimum absolute atomic E-state index is 0.0495. The number of amides is 2. The largest absolute Gasteiger partial charge is 0.495 e. The zero-order valence-corrected chi connectivity index (χ0v) is 41.4. The van der Waals surface area contributed by atoms with Crippen LogP contribution in [-0.4, -0.2) is 127 Å². The van der Waals surface area contributed by atoms with Gasteiger partial charge in [0.05, 0.1) is 73.1 Å². The zero-order chi connectivity index (χ0) is 48.2. The number of carbonyl (C=O) groups is 2. The van der Waals surface area contributed by atoms with Gasteiger partial charge in [0.2, 0.25) is 5.91 Å². The van der Waals surface area contributed by atoms with Crippen molar-refractivity contribution < 1.29 is 28.5 Å². The van der Waals surface area contributed by atoms with E-state index in [1.807, 2.05) is 63.5 Å². The molecule has 9 heterocycles. The molecule has 0 unspecified atom stereocenters. The van der Waals surface area contributed by atoms with Crippen LogP contribution in [0.1, 0.15) is 125 Å². The maximum absolute atomic E-state index is 12.3. The lowest BCUT2D eigenvalue weighted by Crippen LogP contribution is -2.46. The summed E-state index contributed by atoms with van der Waals surface area (Å²) in [5.41, 5.74) is 10.4. The summed E-state index contributed by atoms with van der Waals surface area (Å²) in [7, 11) is 3.07. The number of ether oxygens (including phenoxy) is 4. The molecule has 2 N–H and O–H groups in total. The van der Waals surface area contributed by atoms with Gasteiger partial charge in [-0.05, 0) is 71.3 Å². The molecule has 17 nitrogen and oxygen atoms in total. The van der Waals surface area contributed by atoms with Crippen LogP contribution in [0.15, 0.2) is 23.4 Å². The summed E-state index contributed by atoms with van der Waals surface area (Å²) in [5.74, 6) is 2.11. The molecule has 0 atom stereocenters. The van der Waals surface area contributed by atoms with Crippen molar-refractivity contribution in [1.29, 1.82) is 10.7 Å². The summed E-state index contributed by atoms with van der Waals surface area (Å²) < 4.78 is 23.8. The van der Waals surface area contributed by atoms with Gasteiger partial charge >= 0.3 is 6.09 Å². The number of hydrogen-bond donors (Lipinski definition) is 2. The Balaban J connectivity index is 0.000000206. The Bertz CT molecular complexity index is 2290. The first-order valence-corrected chi connectivity index (χ1v) is 24.5. The number of fused-ring (bicyclic) bond motifs is 3. The predicted molar refractivity (Wildman–Crippen MR) is 259 cm³/mol. The van der Waals surface area contributed by atoms with Crippen molar-refractivity contribution in [3.05, 3.63) is 63.0 Å². The molecule has 3 aromatic heterocycles. The summed E-state index contributed by atoms with van der Waals surface area (Å²) >= 11 is 0. The molecule has 6 aliphatic rings. The molecule has 0 bridgehead atoms. The van der Waals surface area contributed by atoms with Gasteiger partial charge in [0.1, 0.15) is 17.7 Å². The second-order valence-electron chi connectivity index (χ2n) is 17.2. The lowest BCUT2D eigenvalue weighted by atomic mass is 9.99. The zero-order valence-electron chi connectivity index (χ0n) is 41.4. The number of aryl methyl sites for hydroxylation is 4. The third-order valence-corrected chi connectivity index (χ3v) is 13.2. The molecular weight excluding hydrogens is 851 g/mol. The highest BCUT2D eigenvalue weighted by atomic mass is 16.5. The molecule has 364 valence electrons. The molecule has 0 spiro atoms. The third-order valence-electron chi connectivity index (χ3n) is 13.2. The first kappa shape index (κ1) is 50.7. The van der Waals surface area contributed by atoms with Crippen molar-refractivity contribution in [2.24, 2.45) is 0 Å². The maximum atomic E-state index is 12.3. The van der Waals surface area contributed by atoms with Gasteiger partial charge in [-0.1, -0.05) is 27.7 Å². The van der Waals surface area contributed by atoms with Crippen LogP contribution in [0.2, 0.25) is 0 Å². The van der Waals surface area contributed by atoms with Gasteiger partial charge in [0.25, 0.3) is 0 Å². The van der Waals surface area contributed by atoms with Crippen molar-refractivity contribution in [2.45, 2.75) is 131 Å². The minimum Gasteiger partial charge on any atom is -0.495 e. The molecule has 0 aromatic carbocycles. The number of rotatable bonds is 6. The fraction of sp³-hybridized carbons (Fsp3) is 0.620. The third kappa shape index (κ3) is 11.4. The normalized spacial score (nSPS) is 18.3. The average Bonchev–Trinajstić information content (AvgIpc) is 3.76. The van der Waals surface area contributed by atoms with Crippen molar-refractivity contribution >= 4 is 35.0 Å². The van der Waals surface area contributed by atoms with Crippen LogP contribution in [-0.2, 0) is 44.8 Å². The Morgan fingerprint density at radius 2 is 1.46 bits per heavy atom. The molecule has 3 aromatic rings. The van der Waals surface area contributed by atoms with E-state index in [1.54, 1.807) is 18.9 Å². The number of methoxy groups -OCH3 is 2.